The van der Waals surface area contributed by atoms with Gasteiger partial charge in [-0.3, -0.25) is 9.69 Å². The Balaban J connectivity index is 2.01. The van der Waals surface area contributed by atoms with E-state index in [2.05, 4.69) is 23.6 Å². The lowest BCUT2D eigenvalue weighted by Crippen LogP contribution is -2.27. The molecule has 2 aromatic rings. The fourth-order valence-corrected chi connectivity index (χ4v) is 3.84. The van der Waals surface area contributed by atoms with Gasteiger partial charge in [-0.25, -0.2) is 0 Å². The molecule has 2 heterocycles. The van der Waals surface area contributed by atoms with Crippen LogP contribution < -0.4 is 0 Å². The number of aryl methyl sites for hydroxylation is 1. The summed E-state index contributed by atoms with van der Waals surface area (Å²) >= 11 is 6.63. The van der Waals surface area contributed by atoms with Gasteiger partial charge in [0.15, 0.2) is 0 Å². The van der Waals surface area contributed by atoms with Crippen LogP contribution in [0.2, 0.25) is 0 Å². The van der Waals surface area contributed by atoms with Crippen LogP contribution in [0.4, 0.5) is 0 Å². The smallest absolute Gasteiger partial charge is 0.266 e. The van der Waals surface area contributed by atoms with E-state index in [0.717, 1.165) is 11.4 Å². The Morgan fingerprint density at radius 1 is 1.23 bits per heavy atom. The predicted molar refractivity (Wildman–Crippen MR) is 96.1 cm³/mol. The summed E-state index contributed by atoms with van der Waals surface area (Å²) in [6, 6.07) is 12.2. The maximum absolute atomic E-state index is 12.3. The Morgan fingerprint density at radius 3 is 2.68 bits per heavy atom. The van der Waals surface area contributed by atoms with E-state index in [1.807, 2.05) is 43.5 Å². The summed E-state index contributed by atoms with van der Waals surface area (Å²) in [6.07, 6.45) is 3.93. The number of carbonyl (C=O) groups excluding carboxylic acids is 1. The third-order valence-electron chi connectivity index (χ3n) is 3.62. The van der Waals surface area contributed by atoms with Crippen LogP contribution in [0, 0.1) is 6.92 Å². The van der Waals surface area contributed by atoms with Crippen LogP contribution in [0.25, 0.3) is 11.8 Å². The molecule has 0 aliphatic carbocycles. The van der Waals surface area contributed by atoms with Crippen molar-refractivity contribution in [2.45, 2.75) is 13.8 Å². The molecule has 0 unspecified atom stereocenters. The lowest BCUT2D eigenvalue weighted by molar-refractivity contribution is -0.121. The number of likely N-dealkylation sites (N-methyl/N-ethyl adjacent to an activating group) is 1. The Labute approximate surface area is 139 Å². The summed E-state index contributed by atoms with van der Waals surface area (Å²) in [5, 5.41) is 0. The maximum Gasteiger partial charge on any atom is 0.266 e. The van der Waals surface area contributed by atoms with E-state index in [9.17, 15) is 4.79 Å². The number of aromatic nitrogens is 1. The quantitative estimate of drug-likeness (QED) is 0.629. The van der Waals surface area contributed by atoms with Crippen molar-refractivity contribution >= 4 is 40.3 Å². The molecule has 22 heavy (non-hydrogen) atoms. The molecule has 1 aliphatic heterocycles. The predicted octanol–water partition coefficient (Wildman–Crippen LogP) is 4.01. The summed E-state index contributed by atoms with van der Waals surface area (Å²) in [6.45, 7) is 4.63. The Morgan fingerprint density at radius 2 is 2.00 bits per heavy atom. The van der Waals surface area contributed by atoms with Crippen molar-refractivity contribution in [1.82, 2.24) is 9.47 Å². The third kappa shape index (κ3) is 2.62. The number of para-hydroxylation sites is 1. The molecule has 1 aliphatic rings. The summed E-state index contributed by atoms with van der Waals surface area (Å²) in [4.78, 5) is 14.6. The van der Waals surface area contributed by atoms with E-state index < -0.39 is 0 Å². The minimum absolute atomic E-state index is 0.00460. The second kappa shape index (κ2) is 6.10. The average molecular weight is 328 g/mol. The van der Waals surface area contributed by atoms with Crippen molar-refractivity contribution in [3.63, 3.8) is 0 Å². The molecule has 0 bridgehead atoms. The Kier molecular flexibility index (Phi) is 4.18. The number of thioether (sulfide) groups is 1. The van der Waals surface area contributed by atoms with Crippen molar-refractivity contribution < 1.29 is 4.79 Å². The van der Waals surface area contributed by atoms with E-state index in [4.69, 9.17) is 12.2 Å². The van der Waals surface area contributed by atoms with Gasteiger partial charge in [0.05, 0.1) is 4.91 Å². The second-order valence-electron chi connectivity index (χ2n) is 5.02. The zero-order chi connectivity index (χ0) is 15.7. The van der Waals surface area contributed by atoms with Crippen LogP contribution in [0.15, 0.2) is 47.5 Å². The molecule has 1 fully saturated rings. The first kappa shape index (κ1) is 15.1. The molecule has 0 atom stereocenters. The van der Waals surface area contributed by atoms with Gasteiger partial charge >= 0.3 is 0 Å². The molecule has 112 valence electrons. The molecule has 0 radical (unpaired) electrons. The van der Waals surface area contributed by atoms with Crippen LogP contribution in [-0.4, -0.2) is 26.2 Å². The molecule has 1 aromatic heterocycles. The first-order valence-electron chi connectivity index (χ1n) is 7.10. The number of amides is 1. The minimum Gasteiger partial charge on any atom is -0.317 e. The van der Waals surface area contributed by atoms with Crippen LogP contribution in [0.5, 0.6) is 0 Å². The van der Waals surface area contributed by atoms with Crippen LogP contribution in [-0.2, 0) is 4.79 Å². The second-order valence-corrected chi connectivity index (χ2v) is 6.69. The third-order valence-corrected chi connectivity index (χ3v) is 5.00. The highest BCUT2D eigenvalue weighted by Gasteiger charge is 2.30. The molecular weight excluding hydrogens is 312 g/mol. The number of hydrogen-bond acceptors (Lipinski definition) is 3. The van der Waals surface area contributed by atoms with Gasteiger partial charge in [0.1, 0.15) is 4.32 Å². The summed E-state index contributed by atoms with van der Waals surface area (Å²) in [5.41, 5.74) is 3.28. The summed E-state index contributed by atoms with van der Waals surface area (Å²) in [7, 11) is 0. The van der Waals surface area contributed by atoms with Crippen molar-refractivity contribution in [2.24, 2.45) is 0 Å². The van der Waals surface area contributed by atoms with Crippen LogP contribution in [0.1, 0.15) is 18.2 Å². The Bertz CT molecular complexity index is 776. The van der Waals surface area contributed by atoms with Crippen molar-refractivity contribution in [3.8, 4) is 5.69 Å². The van der Waals surface area contributed by atoms with Crippen molar-refractivity contribution in [2.75, 3.05) is 6.54 Å². The molecule has 5 heteroatoms. The van der Waals surface area contributed by atoms with Gasteiger partial charge < -0.3 is 4.57 Å². The molecule has 1 amide bonds. The van der Waals surface area contributed by atoms with Gasteiger partial charge in [0.2, 0.25) is 0 Å². The van der Waals surface area contributed by atoms with E-state index in [1.54, 1.807) is 4.90 Å². The number of thiocarbonyl (C=S) groups is 1. The molecular formula is C17H16N2OS2. The Hall–Kier alpha value is -1.85. The first-order chi connectivity index (χ1) is 10.6. The average Bonchev–Trinajstić information content (AvgIpc) is 3.05. The highest BCUT2D eigenvalue weighted by Crippen LogP contribution is 2.32. The molecule has 0 spiro atoms. The van der Waals surface area contributed by atoms with Gasteiger partial charge in [0.25, 0.3) is 5.91 Å². The van der Waals surface area contributed by atoms with Crippen LogP contribution >= 0.6 is 24.0 Å². The van der Waals surface area contributed by atoms with E-state index >= 15 is 0 Å². The number of nitrogens with zero attached hydrogens (tertiary/aromatic N) is 2. The van der Waals surface area contributed by atoms with E-state index in [0.29, 0.717) is 15.8 Å². The monoisotopic (exact) mass is 328 g/mol. The van der Waals surface area contributed by atoms with Gasteiger partial charge in [-0.2, -0.15) is 0 Å². The normalized spacial score (nSPS) is 16.8. The highest BCUT2D eigenvalue weighted by atomic mass is 32.2. The largest absolute Gasteiger partial charge is 0.317 e. The number of carbonyl (C=O) groups is 1. The molecule has 3 rings (SSSR count). The molecule has 1 aromatic carbocycles. The molecule has 0 N–H and O–H groups in total. The number of rotatable bonds is 3. The van der Waals surface area contributed by atoms with E-state index in [1.165, 1.54) is 17.3 Å². The van der Waals surface area contributed by atoms with Gasteiger partial charge in [0, 0.05) is 24.1 Å². The zero-order valence-electron chi connectivity index (χ0n) is 12.4. The summed E-state index contributed by atoms with van der Waals surface area (Å²) < 4.78 is 2.72. The fourth-order valence-electron chi connectivity index (χ4n) is 2.47. The van der Waals surface area contributed by atoms with Gasteiger partial charge in [-0.1, -0.05) is 42.2 Å². The standard InChI is InChI=1S/C17H16N2OS2/c1-3-18-16(20)15(22-17(18)21)11-13-8-6-10-19(13)14-9-5-4-7-12(14)2/h4-11H,3H2,1-2H3. The van der Waals surface area contributed by atoms with Crippen LogP contribution in [0.3, 0.4) is 0 Å². The molecule has 3 nitrogen and oxygen atoms in total. The topological polar surface area (TPSA) is 25.2 Å². The molecule has 0 saturated carbocycles. The number of benzene rings is 1. The van der Waals surface area contributed by atoms with Crippen molar-refractivity contribution in [3.05, 3.63) is 58.8 Å². The van der Waals surface area contributed by atoms with Gasteiger partial charge in [-0.15, -0.1) is 0 Å². The maximum atomic E-state index is 12.3. The zero-order valence-corrected chi connectivity index (χ0v) is 14.1. The number of hydrogen-bond donors (Lipinski definition) is 0. The molecule has 1 saturated heterocycles. The highest BCUT2D eigenvalue weighted by molar-refractivity contribution is 8.26. The lowest BCUT2D eigenvalue weighted by Gasteiger charge is -2.11. The fraction of sp³-hybridized carbons (Fsp3) is 0.176. The van der Waals surface area contributed by atoms with Gasteiger partial charge in [-0.05, 0) is 43.7 Å². The van der Waals surface area contributed by atoms with Crippen molar-refractivity contribution in [1.29, 1.82) is 0 Å². The van der Waals surface area contributed by atoms with E-state index in [-0.39, 0.29) is 5.91 Å². The SMILES string of the molecule is CCN1C(=O)C(=Cc2cccn2-c2ccccc2C)SC1=S. The lowest BCUT2D eigenvalue weighted by atomic mass is 10.2. The summed E-state index contributed by atoms with van der Waals surface area (Å²) in [5.74, 6) is -0.00460. The first-order valence-corrected chi connectivity index (χ1v) is 8.33. The minimum atomic E-state index is -0.00460.